The van der Waals surface area contributed by atoms with E-state index < -0.39 is 0 Å². The molecule has 4 aromatic rings. The Morgan fingerprint density at radius 3 is 2.59 bits per heavy atom. The van der Waals surface area contributed by atoms with Gasteiger partial charge in [-0.25, -0.2) is 0 Å². The van der Waals surface area contributed by atoms with Crippen LogP contribution in [0.2, 0.25) is 0 Å². The van der Waals surface area contributed by atoms with Crippen LogP contribution >= 0.6 is 0 Å². The second-order valence-corrected chi connectivity index (χ2v) is 6.41. The van der Waals surface area contributed by atoms with Crippen LogP contribution in [-0.4, -0.2) is 5.78 Å². The maximum Gasteiger partial charge on any atom is 0.381 e. The maximum atomic E-state index is 12.8. The van der Waals surface area contributed by atoms with Crippen LogP contribution in [0.15, 0.2) is 96.2 Å². The Kier molecular flexibility index (Phi) is 5.18. The van der Waals surface area contributed by atoms with Crippen LogP contribution in [0, 0.1) is 0 Å². The highest BCUT2D eigenvalue weighted by atomic mass is 16.5. The van der Waals surface area contributed by atoms with E-state index in [1.54, 1.807) is 41.0 Å². The molecule has 0 saturated heterocycles. The number of ether oxygens (including phenoxy) is 1. The molecule has 29 heavy (non-hydrogen) atoms. The molecule has 0 radical (unpaired) electrons. The third kappa shape index (κ3) is 4.08. The molecule has 0 unspecified atom stereocenters. The molecule has 0 amide bonds. The van der Waals surface area contributed by atoms with Gasteiger partial charge in [0.15, 0.2) is 6.20 Å². The molecule has 0 atom stereocenters. The second kappa shape index (κ2) is 8.25. The van der Waals surface area contributed by atoms with E-state index in [2.05, 4.69) is 10.0 Å². The molecule has 0 fully saturated rings. The Morgan fingerprint density at radius 2 is 1.76 bits per heavy atom. The van der Waals surface area contributed by atoms with E-state index >= 15 is 0 Å². The average molecular weight is 381 g/mol. The third-order valence-corrected chi connectivity index (χ3v) is 4.49. The predicted octanol–water partition coefficient (Wildman–Crippen LogP) is 5.74. The molecule has 4 rings (SSSR count). The summed E-state index contributed by atoms with van der Waals surface area (Å²) < 4.78 is 7.96. The van der Waals surface area contributed by atoms with Gasteiger partial charge in [-0.05, 0) is 29.1 Å². The number of carbonyl (C=O) groups excluding carboxylic acids is 1. The van der Waals surface area contributed by atoms with E-state index in [0.29, 0.717) is 22.9 Å². The molecule has 1 heterocycles. The lowest BCUT2D eigenvalue weighted by Crippen LogP contribution is -2.39. The van der Waals surface area contributed by atoms with Gasteiger partial charge in [-0.2, -0.15) is 4.57 Å². The predicted molar refractivity (Wildman–Crippen MR) is 110 cm³/mol. The van der Waals surface area contributed by atoms with Crippen LogP contribution in [0.4, 0.5) is 5.69 Å². The van der Waals surface area contributed by atoms with Crippen LogP contribution in [0.5, 0.6) is 11.6 Å². The molecule has 6 nitrogen and oxygen atoms in total. The van der Waals surface area contributed by atoms with Crippen LogP contribution in [-0.2, 0) is 6.54 Å². The van der Waals surface area contributed by atoms with Crippen LogP contribution in [0.1, 0.15) is 10.4 Å². The summed E-state index contributed by atoms with van der Waals surface area (Å²) in [6.07, 6.45) is 1.84. The molecule has 0 aliphatic carbocycles. The van der Waals surface area contributed by atoms with Gasteiger partial charge in [0, 0.05) is 22.2 Å². The quantitative estimate of drug-likeness (QED) is 0.140. The molecule has 0 saturated carbocycles. The molecule has 0 spiro atoms. The van der Waals surface area contributed by atoms with Crippen molar-refractivity contribution < 1.29 is 14.1 Å². The lowest BCUT2D eigenvalue weighted by atomic mass is 10.1. The zero-order valence-corrected chi connectivity index (χ0v) is 15.5. The second-order valence-electron chi connectivity index (χ2n) is 6.41. The summed E-state index contributed by atoms with van der Waals surface area (Å²) in [5.74, 6) is 1.05. The Morgan fingerprint density at radius 1 is 0.966 bits per heavy atom. The van der Waals surface area contributed by atoms with Crippen LogP contribution < -0.4 is 9.30 Å². The Balaban J connectivity index is 1.76. The fraction of sp³-hybridized carbons (Fsp3) is 0.0435. The summed E-state index contributed by atoms with van der Waals surface area (Å²) >= 11 is 0. The van der Waals surface area contributed by atoms with E-state index in [1.807, 2.05) is 54.7 Å². The lowest BCUT2D eigenvalue weighted by molar-refractivity contribution is -0.685. The summed E-state index contributed by atoms with van der Waals surface area (Å²) in [5, 5.41) is 5.50. The molecular weight excluding hydrogens is 364 g/mol. The fourth-order valence-corrected chi connectivity index (χ4v) is 3.11. The maximum absolute atomic E-state index is 12.8. The molecule has 0 aliphatic heterocycles. The van der Waals surface area contributed by atoms with Crippen molar-refractivity contribution in [2.75, 3.05) is 0 Å². The fourth-order valence-electron chi connectivity index (χ4n) is 3.11. The Labute approximate surface area is 167 Å². The first-order chi connectivity index (χ1) is 14.2. The first-order valence-corrected chi connectivity index (χ1v) is 9.07. The molecular formula is C23H17N4O2+. The van der Waals surface area contributed by atoms with Crippen molar-refractivity contribution in [2.45, 2.75) is 6.54 Å². The van der Waals surface area contributed by atoms with E-state index in [1.165, 1.54) is 0 Å². The van der Waals surface area contributed by atoms with E-state index in [-0.39, 0.29) is 12.3 Å². The molecule has 0 aliphatic rings. The van der Waals surface area contributed by atoms with Gasteiger partial charge in [0.05, 0.1) is 5.39 Å². The minimum atomic E-state index is -0.0152. The molecule has 0 N–H and O–H groups in total. The number of rotatable bonds is 6. The van der Waals surface area contributed by atoms with Gasteiger partial charge in [-0.15, -0.1) is 0 Å². The van der Waals surface area contributed by atoms with Gasteiger partial charge in [0.2, 0.25) is 12.3 Å². The van der Waals surface area contributed by atoms with Gasteiger partial charge in [0.1, 0.15) is 5.75 Å². The van der Waals surface area contributed by atoms with Crippen molar-refractivity contribution in [1.82, 2.24) is 0 Å². The van der Waals surface area contributed by atoms with Gasteiger partial charge < -0.3 is 4.74 Å². The SMILES string of the molecule is [N-]=[N+]=Nc1cccc(Oc2c3ccccc3cc[n+]2CC(=O)c2ccccc2)c1. The zero-order valence-electron chi connectivity index (χ0n) is 15.5. The number of ketones is 1. The van der Waals surface area contributed by atoms with Crippen LogP contribution in [0.3, 0.4) is 0 Å². The highest BCUT2D eigenvalue weighted by molar-refractivity contribution is 5.95. The van der Waals surface area contributed by atoms with Gasteiger partial charge in [0.25, 0.3) is 0 Å². The van der Waals surface area contributed by atoms with Crippen molar-refractivity contribution in [1.29, 1.82) is 0 Å². The Bertz CT molecular complexity index is 1230. The monoisotopic (exact) mass is 381 g/mol. The largest absolute Gasteiger partial charge is 0.405 e. The molecule has 1 aromatic heterocycles. The number of fused-ring (bicyclic) bond motifs is 1. The van der Waals surface area contributed by atoms with Gasteiger partial charge in [-0.1, -0.05) is 65.8 Å². The number of carbonyl (C=O) groups is 1. The topological polar surface area (TPSA) is 78.9 Å². The van der Waals surface area contributed by atoms with Crippen molar-refractivity contribution in [3.63, 3.8) is 0 Å². The minimum absolute atomic E-state index is 0.0152. The number of hydrogen-bond donors (Lipinski definition) is 0. The highest BCUT2D eigenvalue weighted by Gasteiger charge is 2.21. The van der Waals surface area contributed by atoms with Crippen molar-refractivity contribution >= 4 is 22.2 Å². The standard InChI is InChI=1S/C23H17N4O2/c24-26-25-19-10-6-11-20(15-19)29-23-21-12-5-4-7-17(21)13-14-27(23)16-22(28)18-8-2-1-3-9-18/h1-15H,16H2/q+1. The normalized spacial score (nSPS) is 10.3. The smallest absolute Gasteiger partial charge is 0.381 e. The van der Waals surface area contributed by atoms with E-state index in [0.717, 1.165) is 10.8 Å². The van der Waals surface area contributed by atoms with E-state index in [4.69, 9.17) is 10.3 Å². The number of azide groups is 1. The number of benzene rings is 3. The minimum Gasteiger partial charge on any atom is -0.405 e. The van der Waals surface area contributed by atoms with Crippen molar-refractivity contribution in [3.8, 4) is 11.6 Å². The number of nitrogens with zero attached hydrogens (tertiary/aromatic N) is 4. The third-order valence-electron chi connectivity index (χ3n) is 4.49. The highest BCUT2D eigenvalue weighted by Crippen LogP contribution is 2.29. The van der Waals surface area contributed by atoms with Crippen molar-refractivity contribution in [2.24, 2.45) is 5.11 Å². The summed E-state index contributed by atoms with van der Waals surface area (Å²) in [6.45, 7) is 0.139. The summed E-state index contributed by atoms with van der Waals surface area (Å²) in [5.41, 5.74) is 9.77. The lowest BCUT2D eigenvalue weighted by Gasteiger charge is -2.09. The van der Waals surface area contributed by atoms with Gasteiger partial charge in [-0.3, -0.25) is 4.79 Å². The zero-order chi connectivity index (χ0) is 20.1. The number of aromatic nitrogens is 1. The first-order valence-electron chi connectivity index (χ1n) is 9.07. The molecule has 6 heteroatoms. The molecule has 140 valence electrons. The number of pyridine rings is 1. The number of hydrogen-bond acceptors (Lipinski definition) is 3. The van der Waals surface area contributed by atoms with Gasteiger partial charge >= 0.3 is 5.88 Å². The van der Waals surface area contributed by atoms with Crippen molar-refractivity contribution in [3.05, 3.63) is 107 Å². The first kappa shape index (κ1) is 18.2. The molecule has 0 bridgehead atoms. The summed E-state index contributed by atoms with van der Waals surface area (Å²) in [4.78, 5) is 15.6. The average Bonchev–Trinajstić information content (AvgIpc) is 2.76. The Hall–Kier alpha value is -4.15. The summed E-state index contributed by atoms with van der Waals surface area (Å²) in [6, 6.07) is 25.8. The number of Topliss-reactive ketones (excluding diaryl/α,β-unsaturated/α-hetero) is 1. The van der Waals surface area contributed by atoms with E-state index in [9.17, 15) is 4.79 Å². The molecule has 3 aromatic carbocycles. The van der Waals surface area contributed by atoms with Crippen LogP contribution in [0.25, 0.3) is 21.2 Å². The summed E-state index contributed by atoms with van der Waals surface area (Å²) in [7, 11) is 0.